The average molecular weight is 339 g/mol. The summed E-state index contributed by atoms with van der Waals surface area (Å²) in [6.07, 6.45) is -15.9. The van der Waals surface area contributed by atoms with Gasteiger partial charge in [0.2, 0.25) is 0 Å². The zero-order valence-electron chi connectivity index (χ0n) is 10.5. The minimum absolute atomic E-state index is 0.0815. The van der Waals surface area contributed by atoms with Gasteiger partial charge >= 0.3 is 18.0 Å². The van der Waals surface area contributed by atoms with Crippen molar-refractivity contribution in [3.63, 3.8) is 0 Å². The van der Waals surface area contributed by atoms with Crippen LogP contribution < -0.4 is 0 Å². The van der Waals surface area contributed by atoms with Crippen molar-refractivity contribution in [3.8, 4) is 0 Å². The standard InChI is InChI=1S/C12H10ClF7O/c1-21-9(7-3-2-4-8(13)5-7)6-10(14,11(15,16)17)12(18,19)20/h2-5,9H,6H2,1H3. The Kier molecular flexibility index (Phi) is 5.15. The SMILES string of the molecule is COC(CC(F)(C(F)(F)F)C(F)(F)F)c1cccc(Cl)c1. The lowest BCUT2D eigenvalue weighted by molar-refractivity contribution is -0.348. The summed E-state index contributed by atoms with van der Waals surface area (Å²) in [5, 5.41) is 0.0815. The monoisotopic (exact) mass is 338 g/mol. The Bertz CT molecular complexity index is 469. The molecule has 0 bridgehead atoms. The van der Waals surface area contributed by atoms with Crippen LogP contribution in [0, 0.1) is 0 Å². The number of hydrogen-bond donors (Lipinski definition) is 0. The second-order valence-electron chi connectivity index (χ2n) is 4.28. The van der Waals surface area contributed by atoms with E-state index in [0.717, 1.165) is 13.2 Å². The van der Waals surface area contributed by atoms with E-state index in [4.69, 9.17) is 11.6 Å². The van der Waals surface area contributed by atoms with Crippen molar-refractivity contribution in [2.24, 2.45) is 0 Å². The van der Waals surface area contributed by atoms with E-state index >= 15 is 0 Å². The highest BCUT2D eigenvalue weighted by Crippen LogP contribution is 2.51. The quantitative estimate of drug-likeness (QED) is 0.681. The molecule has 9 heteroatoms. The summed E-state index contributed by atoms with van der Waals surface area (Å²) in [5.41, 5.74) is -5.45. The molecule has 0 amide bonds. The van der Waals surface area contributed by atoms with Gasteiger partial charge in [-0.2, -0.15) is 26.3 Å². The summed E-state index contributed by atoms with van der Waals surface area (Å²) in [6.45, 7) is 0. The summed E-state index contributed by atoms with van der Waals surface area (Å²) in [4.78, 5) is 0. The highest BCUT2D eigenvalue weighted by Gasteiger charge is 2.72. The van der Waals surface area contributed by atoms with E-state index in [-0.39, 0.29) is 10.6 Å². The van der Waals surface area contributed by atoms with E-state index in [0.29, 0.717) is 0 Å². The molecule has 1 aromatic rings. The maximum atomic E-state index is 13.7. The minimum atomic E-state index is -6.11. The number of methoxy groups -OCH3 is 1. The summed E-state index contributed by atoms with van der Waals surface area (Å²) in [6, 6.07) is 4.99. The van der Waals surface area contributed by atoms with Gasteiger partial charge in [0.15, 0.2) is 0 Å². The smallest absolute Gasteiger partial charge is 0.377 e. The van der Waals surface area contributed by atoms with Crippen LogP contribution in [0.5, 0.6) is 0 Å². The van der Waals surface area contributed by atoms with Crippen molar-refractivity contribution in [1.82, 2.24) is 0 Å². The number of halogens is 8. The fraction of sp³-hybridized carbons (Fsp3) is 0.500. The number of rotatable bonds is 4. The average Bonchev–Trinajstić information content (AvgIpc) is 2.32. The molecule has 0 radical (unpaired) electrons. The number of alkyl halides is 7. The molecule has 21 heavy (non-hydrogen) atoms. The van der Waals surface area contributed by atoms with Gasteiger partial charge in [-0.05, 0) is 17.7 Å². The molecule has 1 unspecified atom stereocenters. The second kappa shape index (κ2) is 6.00. The van der Waals surface area contributed by atoms with Crippen LogP contribution in [0.15, 0.2) is 24.3 Å². The van der Waals surface area contributed by atoms with Crippen LogP contribution in [0.25, 0.3) is 0 Å². The molecular weight excluding hydrogens is 329 g/mol. The van der Waals surface area contributed by atoms with Gasteiger partial charge in [-0.1, -0.05) is 23.7 Å². The van der Waals surface area contributed by atoms with Crippen LogP contribution >= 0.6 is 11.6 Å². The summed E-state index contributed by atoms with van der Waals surface area (Å²) < 4.78 is 93.3. The van der Waals surface area contributed by atoms with Crippen LogP contribution in [0.2, 0.25) is 5.02 Å². The first-order chi connectivity index (χ1) is 9.42. The zero-order valence-corrected chi connectivity index (χ0v) is 11.3. The Morgan fingerprint density at radius 3 is 1.95 bits per heavy atom. The Hall–Kier alpha value is -1.02. The predicted molar refractivity (Wildman–Crippen MR) is 61.8 cm³/mol. The third-order valence-electron chi connectivity index (χ3n) is 2.87. The largest absolute Gasteiger partial charge is 0.431 e. The molecule has 0 saturated carbocycles. The first-order valence-electron chi connectivity index (χ1n) is 5.53. The Morgan fingerprint density at radius 1 is 1.05 bits per heavy atom. The highest BCUT2D eigenvalue weighted by molar-refractivity contribution is 6.30. The van der Waals surface area contributed by atoms with E-state index in [1.165, 1.54) is 18.2 Å². The highest BCUT2D eigenvalue weighted by atomic mass is 35.5. The lowest BCUT2D eigenvalue weighted by Gasteiger charge is -2.32. The molecule has 0 N–H and O–H groups in total. The first-order valence-corrected chi connectivity index (χ1v) is 5.91. The molecule has 1 rings (SSSR count). The van der Waals surface area contributed by atoms with Gasteiger partial charge < -0.3 is 4.74 Å². The lowest BCUT2D eigenvalue weighted by atomic mass is 9.92. The van der Waals surface area contributed by atoms with Crippen molar-refractivity contribution < 1.29 is 35.5 Å². The summed E-state index contributed by atoms with van der Waals surface area (Å²) in [7, 11) is 0.888. The number of ether oxygens (including phenoxy) is 1. The maximum Gasteiger partial charge on any atom is 0.431 e. The van der Waals surface area contributed by atoms with E-state index in [2.05, 4.69) is 4.74 Å². The van der Waals surface area contributed by atoms with Crippen LogP contribution in [0.3, 0.4) is 0 Å². The van der Waals surface area contributed by atoms with E-state index < -0.39 is 30.5 Å². The summed E-state index contributed by atoms with van der Waals surface area (Å²) >= 11 is 5.60. The Balaban J connectivity index is 3.18. The molecule has 0 aromatic heterocycles. The maximum absolute atomic E-state index is 13.7. The van der Waals surface area contributed by atoms with Crippen LogP contribution in [0.4, 0.5) is 30.7 Å². The van der Waals surface area contributed by atoms with E-state index in [9.17, 15) is 30.7 Å². The van der Waals surface area contributed by atoms with Gasteiger partial charge in [-0.25, -0.2) is 4.39 Å². The van der Waals surface area contributed by atoms with E-state index in [1.807, 2.05) is 0 Å². The molecule has 1 nitrogen and oxygen atoms in total. The van der Waals surface area contributed by atoms with Crippen LogP contribution in [-0.4, -0.2) is 25.1 Å². The molecule has 1 aromatic carbocycles. The van der Waals surface area contributed by atoms with Crippen molar-refractivity contribution in [2.75, 3.05) is 7.11 Å². The fourth-order valence-electron chi connectivity index (χ4n) is 1.69. The second-order valence-corrected chi connectivity index (χ2v) is 4.72. The van der Waals surface area contributed by atoms with Crippen LogP contribution in [-0.2, 0) is 4.74 Å². The lowest BCUT2D eigenvalue weighted by Crippen LogP contribution is -2.54. The summed E-state index contributed by atoms with van der Waals surface area (Å²) in [5.74, 6) is 0. The minimum Gasteiger partial charge on any atom is -0.377 e. The molecule has 0 saturated heterocycles. The van der Waals surface area contributed by atoms with Gasteiger partial charge in [0.25, 0.3) is 0 Å². The fourth-order valence-corrected chi connectivity index (χ4v) is 1.89. The predicted octanol–water partition coefficient (Wildman–Crippen LogP) is 5.25. The van der Waals surface area contributed by atoms with Gasteiger partial charge in [-0.3, -0.25) is 0 Å². The van der Waals surface area contributed by atoms with Crippen molar-refractivity contribution in [1.29, 1.82) is 0 Å². The van der Waals surface area contributed by atoms with Gasteiger partial charge in [0.05, 0.1) is 6.10 Å². The Morgan fingerprint density at radius 2 is 1.57 bits per heavy atom. The Labute approximate surface area is 120 Å². The van der Waals surface area contributed by atoms with Crippen molar-refractivity contribution in [2.45, 2.75) is 30.5 Å². The van der Waals surface area contributed by atoms with Crippen LogP contribution in [0.1, 0.15) is 18.1 Å². The van der Waals surface area contributed by atoms with Crippen molar-refractivity contribution in [3.05, 3.63) is 34.9 Å². The molecule has 0 aliphatic carbocycles. The molecule has 0 fully saturated rings. The normalized spacial score (nSPS) is 15.1. The number of benzene rings is 1. The van der Waals surface area contributed by atoms with Crippen molar-refractivity contribution >= 4 is 11.6 Å². The molecule has 0 heterocycles. The molecule has 0 aliphatic heterocycles. The van der Waals surface area contributed by atoms with Gasteiger partial charge in [0.1, 0.15) is 0 Å². The molecule has 0 spiro atoms. The third kappa shape index (κ3) is 3.79. The van der Waals surface area contributed by atoms with Gasteiger partial charge in [0, 0.05) is 18.6 Å². The molecule has 1 atom stereocenters. The zero-order chi connectivity index (χ0) is 16.5. The topological polar surface area (TPSA) is 9.23 Å². The van der Waals surface area contributed by atoms with E-state index in [1.54, 1.807) is 0 Å². The number of hydrogen-bond acceptors (Lipinski definition) is 1. The first kappa shape index (κ1) is 18.0. The molecule has 0 aliphatic rings. The molecule has 120 valence electrons. The van der Waals surface area contributed by atoms with Gasteiger partial charge in [-0.15, -0.1) is 0 Å². The molecular formula is C12H10ClF7O. The third-order valence-corrected chi connectivity index (χ3v) is 3.11.